The number of hydrogen-bond acceptors (Lipinski definition) is 1. The Morgan fingerprint density at radius 1 is 1.04 bits per heavy atom. The normalized spacial score (nSPS) is 12.9. The van der Waals surface area contributed by atoms with E-state index < -0.39 is 5.76 Å². The third-order valence-electron chi connectivity index (χ3n) is 4.58. The van der Waals surface area contributed by atoms with Gasteiger partial charge in [-0.25, -0.2) is 4.57 Å². The number of imidazole rings is 1. The number of alkyl halides is 2. The summed E-state index contributed by atoms with van der Waals surface area (Å²) in [6, 6.07) is 15.9. The molecule has 0 bridgehead atoms. The van der Waals surface area contributed by atoms with Crippen molar-refractivity contribution in [2.75, 3.05) is 0 Å². The monoisotopic (exact) mass is 436 g/mol. The molecule has 2 heterocycles. The number of benzene rings is 2. The van der Waals surface area contributed by atoms with Crippen molar-refractivity contribution in [1.29, 1.82) is 0 Å². The minimum Gasteiger partial charge on any atom is -1.00 e. The summed E-state index contributed by atoms with van der Waals surface area (Å²) in [5.41, 5.74) is 4.56. The molecule has 0 aliphatic carbocycles. The molecule has 2 nitrogen and oxygen atoms in total. The van der Waals surface area contributed by atoms with Crippen LogP contribution in [0.3, 0.4) is 0 Å². The van der Waals surface area contributed by atoms with E-state index in [0.29, 0.717) is 16.7 Å². The van der Waals surface area contributed by atoms with Crippen LogP contribution in [0, 0.1) is 6.92 Å². The highest BCUT2D eigenvalue weighted by atomic mass is 79.9. The van der Waals surface area contributed by atoms with Gasteiger partial charge in [-0.05, 0) is 37.6 Å². The number of aryl methyl sites for hydroxylation is 2. The lowest BCUT2D eigenvalue weighted by molar-refractivity contribution is -0.689. The molecule has 0 spiro atoms. The van der Waals surface area contributed by atoms with Crippen molar-refractivity contribution in [3.05, 3.63) is 66.1 Å². The van der Waals surface area contributed by atoms with Crippen molar-refractivity contribution in [2.24, 2.45) is 0 Å². The van der Waals surface area contributed by atoms with Gasteiger partial charge in [-0.3, -0.25) is 0 Å². The first-order chi connectivity index (χ1) is 12.1. The molecule has 3 aromatic rings. The van der Waals surface area contributed by atoms with Crippen molar-refractivity contribution in [2.45, 2.75) is 37.0 Å². The molecular weight excluding hydrogens is 418 g/mol. The maximum Gasteiger partial charge on any atom is 0.288 e. The van der Waals surface area contributed by atoms with Gasteiger partial charge in [0.25, 0.3) is 11.6 Å². The molecule has 2 aromatic carbocycles. The summed E-state index contributed by atoms with van der Waals surface area (Å²) in [5, 5.41) is 0. The molecule has 0 amide bonds. The zero-order valence-electron chi connectivity index (χ0n) is 14.3. The van der Waals surface area contributed by atoms with Crippen LogP contribution in [0.25, 0.3) is 16.9 Å². The molecule has 0 unspecified atom stereocenters. The highest BCUT2D eigenvalue weighted by molar-refractivity contribution is 7.99. The molecule has 4 rings (SSSR count). The van der Waals surface area contributed by atoms with E-state index in [-0.39, 0.29) is 17.0 Å². The highest BCUT2D eigenvalue weighted by Crippen LogP contribution is 2.30. The van der Waals surface area contributed by atoms with Crippen LogP contribution < -0.4 is 21.5 Å². The fourth-order valence-electron chi connectivity index (χ4n) is 3.40. The largest absolute Gasteiger partial charge is 1.00 e. The first-order valence-corrected chi connectivity index (χ1v) is 9.26. The Labute approximate surface area is 166 Å². The van der Waals surface area contributed by atoms with E-state index in [0.717, 1.165) is 30.8 Å². The lowest BCUT2D eigenvalue weighted by Gasteiger charge is -2.06. The van der Waals surface area contributed by atoms with E-state index >= 15 is 0 Å². The van der Waals surface area contributed by atoms with Crippen LogP contribution in [-0.2, 0) is 13.0 Å². The van der Waals surface area contributed by atoms with Crippen LogP contribution >= 0.6 is 11.8 Å². The summed E-state index contributed by atoms with van der Waals surface area (Å²) >= 11 is 0.584. The van der Waals surface area contributed by atoms with Gasteiger partial charge in [-0.15, -0.1) is 0 Å². The molecule has 1 aliphatic rings. The van der Waals surface area contributed by atoms with E-state index in [1.54, 1.807) is 12.1 Å². The van der Waals surface area contributed by atoms with Crippen LogP contribution in [0.5, 0.6) is 0 Å². The first kappa shape index (κ1) is 19.1. The Balaban J connectivity index is 0.00000196. The Morgan fingerprint density at radius 2 is 1.73 bits per heavy atom. The SMILES string of the molecule is Cc1ccc(-c2c[n+]3c(n2-c2ccc(SC(F)F)cc2)CCC3)cc1.[Br-]. The number of aromatic nitrogens is 2. The quantitative estimate of drug-likeness (QED) is 0.448. The standard InChI is InChI=1S/C20H19F2N2S.BrH/c1-14-4-6-15(7-5-14)18-13-23-12-2-3-19(23)24(18)16-8-10-17(11-9-16)25-20(21)22;/h4-11,13,20H,2-3,12H2,1H3;1H/q+1;/p-1. The second-order valence-electron chi connectivity index (χ2n) is 6.30. The van der Waals surface area contributed by atoms with Crippen LogP contribution in [0.1, 0.15) is 17.8 Å². The second-order valence-corrected chi connectivity index (χ2v) is 7.36. The number of thioether (sulfide) groups is 1. The van der Waals surface area contributed by atoms with Crippen molar-refractivity contribution < 1.29 is 30.3 Å². The van der Waals surface area contributed by atoms with Gasteiger partial charge in [0.2, 0.25) is 0 Å². The molecule has 0 saturated heterocycles. The zero-order chi connectivity index (χ0) is 17.4. The van der Waals surface area contributed by atoms with E-state index in [2.05, 4.69) is 46.5 Å². The number of halogens is 3. The van der Waals surface area contributed by atoms with Gasteiger partial charge in [0.15, 0.2) is 5.69 Å². The summed E-state index contributed by atoms with van der Waals surface area (Å²) in [7, 11) is 0. The average molecular weight is 437 g/mol. The topological polar surface area (TPSA) is 8.81 Å². The maximum atomic E-state index is 12.5. The van der Waals surface area contributed by atoms with Gasteiger partial charge >= 0.3 is 0 Å². The fourth-order valence-corrected chi connectivity index (χ4v) is 3.90. The first-order valence-electron chi connectivity index (χ1n) is 8.38. The van der Waals surface area contributed by atoms with E-state index in [1.165, 1.54) is 17.0 Å². The van der Waals surface area contributed by atoms with Crippen molar-refractivity contribution >= 4 is 11.8 Å². The summed E-state index contributed by atoms with van der Waals surface area (Å²) in [5.74, 6) is -1.12. The average Bonchev–Trinajstić information content (AvgIpc) is 3.17. The molecule has 0 saturated carbocycles. The fraction of sp³-hybridized carbons (Fsp3) is 0.250. The molecule has 0 fully saturated rings. The van der Waals surface area contributed by atoms with Gasteiger partial charge in [0.1, 0.15) is 11.9 Å². The minimum atomic E-state index is -2.39. The lowest BCUT2D eigenvalue weighted by atomic mass is 10.1. The second kappa shape index (κ2) is 7.92. The number of nitrogens with zero attached hydrogens (tertiary/aromatic N) is 2. The molecule has 1 aliphatic heterocycles. The van der Waals surface area contributed by atoms with Gasteiger partial charge < -0.3 is 17.0 Å². The van der Waals surface area contributed by atoms with Gasteiger partial charge in [0.05, 0.1) is 13.0 Å². The van der Waals surface area contributed by atoms with Crippen LogP contribution in [0.2, 0.25) is 0 Å². The Hall–Kier alpha value is -1.66. The number of hydrogen-bond donors (Lipinski definition) is 0. The molecular formula is C20H19BrF2N2S. The zero-order valence-corrected chi connectivity index (χ0v) is 16.7. The molecule has 136 valence electrons. The van der Waals surface area contributed by atoms with Crippen molar-refractivity contribution in [3.8, 4) is 16.9 Å². The summed E-state index contributed by atoms with van der Waals surface area (Å²) in [4.78, 5) is 0.590. The molecule has 0 radical (unpaired) electrons. The highest BCUT2D eigenvalue weighted by Gasteiger charge is 2.29. The predicted molar refractivity (Wildman–Crippen MR) is 96.3 cm³/mol. The van der Waals surface area contributed by atoms with Gasteiger partial charge in [-0.1, -0.05) is 41.6 Å². The third kappa shape index (κ3) is 3.71. The van der Waals surface area contributed by atoms with Gasteiger partial charge in [-0.2, -0.15) is 13.3 Å². The Kier molecular flexibility index (Phi) is 5.82. The van der Waals surface area contributed by atoms with Crippen molar-refractivity contribution in [3.63, 3.8) is 0 Å². The lowest BCUT2D eigenvalue weighted by Crippen LogP contribution is -3.00. The molecule has 0 N–H and O–H groups in total. The molecule has 6 heteroatoms. The van der Waals surface area contributed by atoms with E-state index in [4.69, 9.17) is 0 Å². The van der Waals surface area contributed by atoms with Crippen LogP contribution in [0.15, 0.2) is 59.6 Å². The Morgan fingerprint density at radius 3 is 2.38 bits per heavy atom. The Bertz CT molecular complexity index is 889. The molecule has 26 heavy (non-hydrogen) atoms. The third-order valence-corrected chi connectivity index (χ3v) is 5.30. The maximum absolute atomic E-state index is 12.5. The van der Waals surface area contributed by atoms with E-state index in [1.807, 2.05) is 12.1 Å². The number of rotatable bonds is 4. The molecule has 0 atom stereocenters. The summed E-state index contributed by atoms with van der Waals surface area (Å²) in [6.07, 6.45) is 4.37. The summed E-state index contributed by atoms with van der Waals surface area (Å²) < 4.78 is 29.7. The minimum absolute atomic E-state index is 0. The van der Waals surface area contributed by atoms with Crippen LogP contribution in [0.4, 0.5) is 8.78 Å². The summed E-state index contributed by atoms with van der Waals surface area (Å²) in [6.45, 7) is 3.11. The number of fused-ring (bicyclic) bond motifs is 1. The van der Waals surface area contributed by atoms with Crippen LogP contribution in [-0.4, -0.2) is 10.3 Å². The smallest absolute Gasteiger partial charge is 0.288 e. The molecule has 1 aromatic heterocycles. The predicted octanol–water partition coefficient (Wildman–Crippen LogP) is 2.01. The van der Waals surface area contributed by atoms with Crippen molar-refractivity contribution in [1.82, 2.24) is 4.57 Å². The van der Waals surface area contributed by atoms with Gasteiger partial charge in [0, 0.05) is 10.5 Å². The van der Waals surface area contributed by atoms with E-state index in [9.17, 15) is 8.78 Å².